The first-order chi connectivity index (χ1) is 12.5. The first-order valence-electron chi connectivity index (χ1n) is 8.03. The van der Waals surface area contributed by atoms with Crippen molar-refractivity contribution in [3.05, 3.63) is 70.8 Å². The minimum Gasteiger partial charge on any atom is -0.508 e. The van der Waals surface area contributed by atoms with Crippen LogP contribution in [0.4, 0.5) is 0 Å². The predicted octanol–water partition coefficient (Wildman–Crippen LogP) is 3.63. The molecule has 6 heteroatoms. The van der Waals surface area contributed by atoms with Gasteiger partial charge in [0.15, 0.2) is 5.60 Å². The molecule has 0 fully saturated rings. The van der Waals surface area contributed by atoms with Crippen molar-refractivity contribution < 1.29 is 24.5 Å². The fourth-order valence-electron chi connectivity index (χ4n) is 3.82. The Morgan fingerprint density at radius 3 is 2.23 bits per heavy atom. The van der Waals surface area contributed by atoms with Gasteiger partial charge in [-0.05, 0) is 24.3 Å². The second kappa shape index (κ2) is 4.95. The average Bonchev–Trinajstić information content (AvgIpc) is 2.89. The summed E-state index contributed by atoms with van der Waals surface area (Å²) in [6.07, 6.45) is 4.27. The quantitative estimate of drug-likeness (QED) is 0.549. The van der Waals surface area contributed by atoms with E-state index < -0.39 is 11.6 Å². The molecule has 1 spiro atoms. The second-order valence-corrected chi connectivity index (χ2v) is 6.84. The molecule has 0 amide bonds. The lowest BCUT2D eigenvalue weighted by atomic mass is 9.75. The van der Waals surface area contributed by atoms with Crippen molar-refractivity contribution in [2.24, 2.45) is 0 Å². The van der Waals surface area contributed by atoms with Gasteiger partial charge in [0, 0.05) is 40.1 Å². The van der Waals surface area contributed by atoms with Crippen LogP contribution in [0.3, 0.4) is 0 Å². The Morgan fingerprint density at radius 2 is 1.62 bits per heavy atom. The van der Waals surface area contributed by atoms with Gasteiger partial charge < -0.3 is 19.7 Å². The number of esters is 1. The van der Waals surface area contributed by atoms with Gasteiger partial charge in [0.2, 0.25) is 0 Å². The molecular formula is C20H12O5S. The zero-order chi connectivity index (χ0) is 18.1. The molecule has 0 bridgehead atoms. The molecule has 0 saturated carbocycles. The van der Waals surface area contributed by atoms with Crippen LogP contribution in [0.2, 0.25) is 0 Å². The molecule has 2 aliphatic heterocycles. The number of thiocarbonyl (C=S) groups is 1. The summed E-state index contributed by atoms with van der Waals surface area (Å²) in [5.74, 6) is 0.282. The van der Waals surface area contributed by atoms with E-state index in [0.717, 1.165) is 0 Å². The minimum atomic E-state index is -1.22. The van der Waals surface area contributed by atoms with E-state index in [1.807, 2.05) is 12.2 Å². The van der Waals surface area contributed by atoms with Crippen LogP contribution < -0.4 is 4.74 Å². The number of benzene rings is 2. The van der Waals surface area contributed by atoms with Gasteiger partial charge in [-0.25, -0.2) is 4.79 Å². The highest BCUT2D eigenvalue weighted by Crippen LogP contribution is 2.57. The van der Waals surface area contributed by atoms with Gasteiger partial charge in [0.05, 0.1) is 5.57 Å². The summed E-state index contributed by atoms with van der Waals surface area (Å²) in [4.78, 5) is 13.2. The number of hydrogen-bond donors (Lipinski definition) is 2. The Labute approximate surface area is 153 Å². The fourth-order valence-corrected chi connectivity index (χ4v) is 4.11. The maximum Gasteiger partial charge on any atom is 0.341 e. The Hall–Kier alpha value is -3.12. The number of aromatic hydroxyl groups is 2. The van der Waals surface area contributed by atoms with Crippen molar-refractivity contribution in [1.82, 2.24) is 0 Å². The number of ether oxygens (including phenoxy) is 2. The molecular weight excluding hydrogens is 352 g/mol. The van der Waals surface area contributed by atoms with Crippen LogP contribution in [-0.4, -0.2) is 21.0 Å². The molecule has 2 aromatic carbocycles. The predicted molar refractivity (Wildman–Crippen MR) is 96.5 cm³/mol. The van der Waals surface area contributed by atoms with Crippen molar-refractivity contribution in [3.63, 3.8) is 0 Å². The number of allylic oxidation sites excluding steroid dienone is 1. The Morgan fingerprint density at radius 1 is 1.00 bits per heavy atom. The largest absolute Gasteiger partial charge is 0.508 e. The van der Waals surface area contributed by atoms with E-state index in [1.165, 1.54) is 24.3 Å². The molecule has 26 heavy (non-hydrogen) atoms. The molecule has 5 rings (SSSR count). The van der Waals surface area contributed by atoms with E-state index in [4.69, 9.17) is 21.7 Å². The molecule has 3 aliphatic rings. The van der Waals surface area contributed by atoms with Crippen LogP contribution >= 0.6 is 12.2 Å². The van der Waals surface area contributed by atoms with E-state index in [1.54, 1.807) is 12.1 Å². The number of carbonyl (C=O) groups is 1. The summed E-state index contributed by atoms with van der Waals surface area (Å²) in [7, 11) is 0. The van der Waals surface area contributed by atoms with Gasteiger partial charge in [-0.2, -0.15) is 0 Å². The van der Waals surface area contributed by atoms with Crippen LogP contribution in [-0.2, 0) is 15.1 Å². The number of carbonyl (C=O) groups excluding carboxylic acids is 1. The third kappa shape index (κ3) is 1.79. The molecule has 2 N–H and O–H groups in total. The standard InChI is InChI=1S/C20H12O5S/c21-10-4-6-12-15(8-10)24-16-9-11(22)5-7-13(16)20(12)14-2-1-3-17(26)18(14)19(23)25-20/h1-2,4-9,21-22H,3H2. The van der Waals surface area contributed by atoms with E-state index in [-0.39, 0.29) is 11.5 Å². The van der Waals surface area contributed by atoms with Gasteiger partial charge in [-0.15, -0.1) is 0 Å². The van der Waals surface area contributed by atoms with Crippen LogP contribution in [0, 0.1) is 0 Å². The zero-order valence-corrected chi connectivity index (χ0v) is 14.2. The third-order valence-electron chi connectivity index (χ3n) is 4.87. The lowest BCUT2D eigenvalue weighted by Gasteiger charge is -2.37. The monoisotopic (exact) mass is 364 g/mol. The van der Waals surface area contributed by atoms with Crippen molar-refractivity contribution in [2.45, 2.75) is 12.0 Å². The van der Waals surface area contributed by atoms with Gasteiger partial charge in [0.1, 0.15) is 23.0 Å². The SMILES string of the molecule is O=C1OC2(C3=C1C(=S)CC=C3)c1ccc(O)cc1Oc1cc(O)ccc12. The summed E-state index contributed by atoms with van der Waals surface area (Å²) < 4.78 is 11.8. The van der Waals surface area contributed by atoms with Crippen molar-refractivity contribution in [1.29, 1.82) is 0 Å². The first kappa shape index (κ1) is 15.2. The molecule has 128 valence electrons. The summed E-state index contributed by atoms with van der Waals surface area (Å²) in [6, 6.07) is 9.31. The highest BCUT2D eigenvalue weighted by atomic mass is 32.1. The molecule has 5 nitrogen and oxygen atoms in total. The van der Waals surface area contributed by atoms with Gasteiger partial charge >= 0.3 is 5.97 Å². The molecule has 2 aromatic rings. The third-order valence-corrected chi connectivity index (χ3v) is 5.24. The molecule has 1 aliphatic carbocycles. The van der Waals surface area contributed by atoms with E-state index in [0.29, 0.717) is 45.1 Å². The number of fused-ring (bicyclic) bond motifs is 5. The minimum absolute atomic E-state index is 0.0238. The smallest absolute Gasteiger partial charge is 0.341 e. The van der Waals surface area contributed by atoms with Crippen LogP contribution in [0.5, 0.6) is 23.0 Å². The molecule has 0 saturated heterocycles. The number of rotatable bonds is 0. The van der Waals surface area contributed by atoms with Crippen LogP contribution in [0.25, 0.3) is 0 Å². The van der Waals surface area contributed by atoms with Crippen LogP contribution in [0.1, 0.15) is 17.5 Å². The normalized spacial score (nSPS) is 18.9. The lowest BCUT2D eigenvalue weighted by Crippen LogP contribution is -2.33. The molecule has 2 heterocycles. The Kier molecular flexibility index (Phi) is 2.89. The lowest BCUT2D eigenvalue weighted by molar-refractivity contribution is -0.144. The summed E-state index contributed by atoms with van der Waals surface area (Å²) in [6.45, 7) is 0. The molecule has 0 unspecified atom stereocenters. The van der Waals surface area contributed by atoms with Gasteiger partial charge in [-0.1, -0.05) is 24.4 Å². The van der Waals surface area contributed by atoms with Crippen LogP contribution in [0.15, 0.2) is 59.7 Å². The average molecular weight is 364 g/mol. The van der Waals surface area contributed by atoms with Crippen molar-refractivity contribution in [2.75, 3.05) is 0 Å². The molecule has 0 atom stereocenters. The number of phenols is 2. The second-order valence-electron chi connectivity index (χ2n) is 6.35. The zero-order valence-electron chi connectivity index (χ0n) is 13.4. The van der Waals surface area contributed by atoms with E-state index in [2.05, 4.69) is 0 Å². The summed E-state index contributed by atoms with van der Waals surface area (Å²) in [5, 5.41) is 19.7. The Bertz CT molecular complexity index is 1030. The van der Waals surface area contributed by atoms with E-state index >= 15 is 0 Å². The van der Waals surface area contributed by atoms with Gasteiger partial charge in [0.25, 0.3) is 0 Å². The van der Waals surface area contributed by atoms with Crippen molar-refractivity contribution in [3.8, 4) is 23.0 Å². The topological polar surface area (TPSA) is 76.0 Å². The highest BCUT2D eigenvalue weighted by molar-refractivity contribution is 7.81. The molecule has 0 radical (unpaired) electrons. The fraction of sp³-hybridized carbons (Fsp3) is 0.100. The summed E-state index contributed by atoms with van der Waals surface area (Å²) >= 11 is 5.39. The number of hydrogen-bond acceptors (Lipinski definition) is 6. The maximum absolute atomic E-state index is 12.7. The van der Waals surface area contributed by atoms with E-state index in [9.17, 15) is 15.0 Å². The number of phenolic OH excluding ortho intramolecular Hbond substituents is 2. The first-order valence-corrected chi connectivity index (χ1v) is 8.44. The maximum atomic E-state index is 12.7. The highest BCUT2D eigenvalue weighted by Gasteiger charge is 2.55. The Balaban J connectivity index is 1.89. The van der Waals surface area contributed by atoms with Gasteiger partial charge in [-0.3, -0.25) is 0 Å². The molecule has 0 aromatic heterocycles. The summed E-state index contributed by atoms with van der Waals surface area (Å²) in [5.41, 5.74) is 1.03. The van der Waals surface area contributed by atoms with Crippen molar-refractivity contribution >= 4 is 23.1 Å².